The third-order valence-corrected chi connectivity index (χ3v) is 6.65. The molecule has 1 heterocycles. The predicted octanol–water partition coefficient (Wildman–Crippen LogP) is 6.65. The van der Waals surface area contributed by atoms with E-state index in [2.05, 4.69) is 19.7 Å². The minimum atomic E-state index is 0.281. The summed E-state index contributed by atoms with van der Waals surface area (Å²) in [6.07, 6.45) is 26.5. The Bertz CT molecular complexity index is 396. The smallest absolute Gasteiger partial charge is 0.182 e. The van der Waals surface area contributed by atoms with Crippen LogP contribution in [-0.4, -0.2) is 48.2 Å². The van der Waals surface area contributed by atoms with Gasteiger partial charge in [0.25, 0.3) is 0 Å². The highest BCUT2D eigenvalue weighted by Gasteiger charge is 2.36. The van der Waals surface area contributed by atoms with Crippen molar-refractivity contribution in [1.29, 1.82) is 0 Å². The van der Waals surface area contributed by atoms with E-state index in [0.717, 1.165) is 24.1 Å². The summed E-state index contributed by atoms with van der Waals surface area (Å²) < 4.78 is 0.978. The number of hydrogen-bond donors (Lipinski definition) is 1. The van der Waals surface area contributed by atoms with Crippen molar-refractivity contribution < 1.29 is 9.59 Å². The molecule has 164 valence electrons. The number of hydrogen-bond acceptors (Lipinski definition) is 2. The quantitative estimate of drug-likeness (QED) is 0.140. The highest BCUT2D eigenvalue weighted by Crippen LogP contribution is 2.24. The van der Waals surface area contributed by atoms with Crippen LogP contribution in [0.25, 0.3) is 0 Å². The van der Waals surface area contributed by atoms with Crippen molar-refractivity contribution >= 4 is 6.21 Å². The molecule has 0 saturated heterocycles. The summed E-state index contributed by atoms with van der Waals surface area (Å²) in [5, 5.41) is 9.38. The van der Waals surface area contributed by atoms with Crippen LogP contribution in [0.1, 0.15) is 110 Å². The lowest BCUT2D eigenvalue weighted by atomic mass is 10.0. The fraction of sp³-hybridized carbons (Fsp3) is 0.880. The van der Waals surface area contributed by atoms with Gasteiger partial charge >= 0.3 is 0 Å². The third kappa shape index (κ3) is 10.8. The Morgan fingerprint density at radius 1 is 0.893 bits per heavy atom. The first kappa shape index (κ1) is 25.4. The second kappa shape index (κ2) is 17.2. The molecule has 3 heteroatoms. The first-order valence-corrected chi connectivity index (χ1v) is 12.4. The van der Waals surface area contributed by atoms with Crippen LogP contribution >= 0.6 is 0 Å². The van der Waals surface area contributed by atoms with E-state index in [1.807, 2.05) is 6.08 Å². The van der Waals surface area contributed by atoms with Gasteiger partial charge in [0.1, 0.15) is 13.1 Å². The predicted molar refractivity (Wildman–Crippen MR) is 124 cm³/mol. The van der Waals surface area contributed by atoms with Gasteiger partial charge in [-0.25, -0.2) is 4.99 Å². The second-order valence-corrected chi connectivity index (χ2v) is 8.79. The molecule has 0 aromatic carbocycles. The molecule has 1 aliphatic rings. The Labute approximate surface area is 175 Å². The summed E-state index contributed by atoms with van der Waals surface area (Å²) in [5.41, 5.74) is 0. The normalized spacial score (nSPS) is 21.4. The molecule has 0 amide bonds. The summed E-state index contributed by atoms with van der Waals surface area (Å²) in [7, 11) is 0. The van der Waals surface area contributed by atoms with Gasteiger partial charge in [-0.05, 0) is 26.2 Å². The van der Waals surface area contributed by atoms with Crippen LogP contribution in [0.5, 0.6) is 0 Å². The molecular weight excluding hydrogens is 344 g/mol. The lowest BCUT2D eigenvalue weighted by Crippen LogP contribution is -2.53. The number of nitrogens with zero attached hydrogens (tertiary/aromatic N) is 2. The van der Waals surface area contributed by atoms with E-state index < -0.39 is 0 Å². The molecule has 1 rings (SSSR count). The maximum Gasteiger partial charge on any atom is 0.182 e. The lowest BCUT2D eigenvalue weighted by Gasteiger charge is -2.37. The van der Waals surface area contributed by atoms with Crippen LogP contribution in [0.4, 0.5) is 0 Å². The first-order valence-electron chi connectivity index (χ1n) is 12.4. The van der Waals surface area contributed by atoms with Crippen molar-refractivity contribution in [3.8, 4) is 0 Å². The molecule has 0 fully saturated rings. The zero-order valence-electron chi connectivity index (χ0n) is 18.9. The van der Waals surface area contributed by atoms with Crippen molar-refractivity contribution in [2.24, 2.45) is 4.99 Å². The van der Waals surface area contributed by atoms with Gasteiger partial charge in [-0.15, -0.1) is 6.58 Å². The molecule has 2 atom stereocenters. The lowest BCUT2D eigenvalue weighted by molar-refractivity contribution is -0.936. The molecule has 0 saturated carbocycles. The number of allylic oxidation sites excluding steroid dienone is 1. The molecule has 28 heavy (non-hydrogen) atoms. The summed E-state index contributed by atoms with van der Waals surface area (Å²) in [6.45, 7) is 9.25. The topological polar surface area (TPSA) is 32.6 Å². The molecule has 3 nitrogen and oxygen atoms in total. The van der Waals surface area contributed by atoms with Gasteiger partial charge in [-0.3, -0.25) is 4.48 Å². The Morgan fingerprint density at radius 2 is 1.39 bits per heavy atom. The van der Waals surface area contributed by atoms with Crippen molar-refractivity contribution in [2.75, 3.05) is 26.2 Å². The summed E-state index contributed by atoms with van der Waals surface area (Å²) in [6, 6.07) is 0. The van der Waals surface area contributed by atoms with Gasteiger partial charge in [0.15, 0.2) is 6.17 Å². The SMILES string of the molecule is C=CCCCCCCCCCCCCCCCCC1N=CC[N+]1(CC)CCO. The second-order valence-electron chi connectivity index (χ2n) is 8.79. The van der Waals surface area contributed by atoms with E-state index in [4.69, 9.17) is 4.99 Å². The molecule has 0 spiro atoms. The van der Waals surface area contributed by atoms with Crippen molar-refractivity contribution in [3.63, 3.8) is 0 Å². The summed E-state index contributed by atoms with van der Waals surface area (Å²) in [5.74, 6) is 0. The van der Waals surface area contributed by atoms with Crippen LogP contribution < -0.4 is 0 Å². The molecule has 0 aromatic heterocycles. The third-order valence-electron chi connectivity index (χ3n) is 6.65. The molecule has 0 radical (unpaired) electrons. The fourth-order valence-electron chi connectivity index (χ4n) is 4.62. The zero-order valence-corrected chi connectivity index (χ0v) is 18.9. The highest BCUT2D eigenvalue weighted by atomic mass is 16.3. The van der Waals surface area contributed by atoms with E-state index in [0.29, 0.717) is 6.17 Å². The number of quaternary nitrogens is 1. The van der Waals surface area contributed by atoms with Gasteiger partial charge in [-0.1, -0.05) is 83.1 Å². The minimum absolute atomic E-state index is 0.281. The van der Waals surface area contributed by atoms with Crippen LogP contribution in [0, 0.1) is 0 Å². The molecule has 0 aliphatic carbocycles. The van der Waals surface area contributed by atoms with E-state index in [1.165, 1.54) is 103 Å². The Kier molecular flexibility index (Phi) is 15.6. The van der Waals surface area contributed by atoms with Gasteiger partial charge in [0.2, 0.25) is 0 Å². The van der Waals surface area contributed by atoms with Crippen LogP contribution in [0.2, 0.25) is 0 Å². The standard InChI is InChI=1S/C25H49N2O/c1-3-5-6-7-8-9-10-11-12-13-14-15-16-17-18-19-20-25-26-21-22-27(25,4-2)23-24-28/h3,21,25,28H,1,4-20,22-24H2,2H3/q+1. The van der Waals surface area contributed by atoms with Crippen molar-refractivity contribution in [1.82, 2.24) is 0 Å². The van der Waals surface area contributed by atoms with Gasteiger partial charge in [0.05, 0.1) is 19.4 Å². The van der Waals surface area contributed by atoms with E-state index >= 15 is 0 Å². The molecule has 1 aliphatic heterocycles. The first-order chi connectivity index (χ1) is 13.8. The fourth-order valence-corrected chi connectivity index (χ4v) is 4.62. The molecular formula is C25H49N2O+. The summed E-state index contributed by atoms with van der Waals surface area (Å²) in [4.78, 5) is 4.72. The number of aliphatic hydroxyl groups excluding tert-OH is 1. The molecule has 2 unspecified atom stereocenters. The largest absolute Gasteiger partial charge is 0.391 e. The maximum absolute atomic E-state index is 9.38. The number of rotatable bonds is 20. The highest BCUT2D eigenvalue weighted by molar-refractivity contribution is 5.60. The monoisotopic (exact) mass is 393 g/mol. The van der Waals surface area contributed by atoms with Crippen molar-refractivity contribution in [3.05, 3.63) is 12.7 Å². The van der Waals surface area contributed by atoms with E-state index in [9.17, 15) is 5.11 Å². The Hall–Kier alpha value is -0.670. The summed E-state index contributed by atoms with van der Waals surface area (Å²) >= 11 is 0. The average Bonchev–Trinajstić information content (AvgIpc) is 3.11. The average molecular weight is 394 g/mol. The van der Waals surface area contributed by atoms with Crippen LogP contribution in [0.3, 0.4) is 0 Å². The van der Waals surface area contributed by atoms with Crippen molar-refractivity contribution in [2.45, 2.75) is 116 Å². The Balaban J connectivity index is 1.85. The zero-order chi connectivity index (χ0) is 20.3. The number of unbranched alkanes of at least 4 members (excludes halogenated alkanes) is 14. The minimum Gasteiger partial charge on any atom is -0.391 e. The van der Waals surface area contributed by atoms with Gasteiger partial charge in [0, 0.05) is 6.42 Å². The maximum atomic E-state index is 9.38. The molecule has 0 aromatic rings. The van der Waals surface area contributed by atoms with Gasteiger partial charge < -0.3 is 5.11 Å². The molecule has 0 bridgehead atoms. The number of likely N-dealkylation sites (N-methyl/N-ethyl adjacent to an activating group) is 1. The number of aliphatic hydroxyl groups is 1. The molecule has 1 N–H and O–H groups in total. The van der Waals surface area contributed by atoms with Gasteiger partial charge in [-0.2, -0.15) is 0 Å². The van der Waals surface area contributed by atoms with Crippen LogP contribution in [-0.2, 0) is 0 Å². The van der Waals surface area contributed by atoms with Crippen LogP contribution in [0.15, 0.2) is 17.6 Å². The number of aliphatic imine (C=N–C) groups is 1. The van der Waals surface area contributed by atoms with E-state index in [1.54, 1.807) is 0 Å². The van der Waals surface area contributed by atoms with E-state index in [-0.39, 0.29) is 6.61 Å². The Morgan fingerprint density at radius 3 is 1.86 bits per heavy atom.